The Kier molecular flexibility index (Phi) is 4.88. The maximum absolute atomic E-state index is 13.4. The van der Waals surface area contributed by atoms with Crippen molar-refractivity contribution < 1.29 is 18.3 Å². The van der Waals surface area contributed by atoms with Gasteiger partial charge in [-0.2, -0.15) is 0 Å². The molecule has 1 heterocycles. The summed E-state index contributed by atoms with van der Waals surface area (Å²) in [5.74, 6) is -1.99. The Hall–Kier alpha value is -3.48. The van der Waals surface area contributed by atoms with E-state index in [-0.39, 0.29) is 17.3 Å². The van der Waals surface area contributed by atoms with E-state index < -0.39 is 23.1 Å². The zero-order valence-electron chi connectivity index (χ0n) is 15.6. The van der Waals surface area contributed by atoms with Crippen molar-refractivity contribution in [3.05, 3.63) is 93.4 Å². The Morgan fingerprint density at radius 3 is 2.72 bits per heavy atom. The third-order valence-electron chi connectivity index (χ3n) is 5.15. The molecule has 1 atom stereocenters. The van der Waals surface area contributed by atoms with Crippen LogP contribution in [0.1, 0.15) is 33.9 Å². The van der Waals surface area contributed by atoms with Crippen molar-refractivity contribution in [1.29, 1.82) is 0 Å². The van der Waals surface area contributed by atoms with Gasteiger partial charge in [0.1, 0.15) is 11.3 Å². The first-order valence-electron chi connectivity index (χ1n) is 9.13. The third-order valence-corrected chi connectivity index (χ3v) is 5.15. The summed E-state index contributed by atoms with van der Waals surface area (Å²) < 4.78 is 33.4. The van der Waals surface area contributed by atoms with Crippen LogP contribution >= 0.6 is 0 Å². The number of nitrogens with one attached hydrogen (secondary N) is 1. The number of ether oxygens (including phenoxy) is 1. The summed E-state index contributed by atoms with van der Waals surface area (Å²) in [7, 11) is 1.61. The van der Waals surface area contributed by atoms with Crippen molar-refractivity contribution in [2.24, 2.45) is 0 Å². The number of benzene rings is 2. The molecule has 1 aromatic heterocycles. The van der Waals surface area contributed by atoms with Crippen molar-refractivity contribution in [2.45, 2.75) is 18.9 Å². The number of carbonyl (C=O) groups is 1. The van der Waals surface area contributed by atoms with Gasteiger partial charge < -0.3 is 14.6 Å². The minimum atomic E-state index is -1.08. The van der Waals surface area contributed by atoms with Gasteiger partial charge in [0.05, 0.1) is 13.2 Å². The zero-order chi connectivity index (χ0) is 20.5. The van der Waals surface area contributed by atoms with E-state index in [1.807, 2.05) is 18.2 Å². The van der Waals surface area contributed by atoms with Crippen LogP contribution in [0.25, 0.3) is 0 Å². The predicted octanol–water partition coefficient (Wildman–Crippen LogP) is 3.92. The molecule has 1 aliphatic rings. The van der Waals surface area contributed by atoms with E-state index in [2.05, 4.69) is 5.32 Å². The molecule has 5 nitrogen and oxygen atoms in total. The Bertz CT molecular complexity index is 1160. The first-order valence-corrected chi connectivity index (χ1v) is 9.13. The molecule has 7 heteroatoms. The molecule has 1 N–H and O–H groups in total. The van der Waals surface area contributed by atoms with Crippen LogP contribution in [0.2, 0.25) is 0 Å². The molecule has 3 aromatic rings. The van der Waals surface area contributed by atoms with Crippen molar-refractivity contribution >= 4 is 11.6 Å². The fraction of sp³-hybridized carbons (Fsp3) is 0.182. The second-order valence-electron chi connectivity index (χ2n) is 6.80. The summed E-state index contributed by atoms with van der Waals surface area (Å²) in [5.41, 5.74) is 1.59. The molecule has 0 saturated carbocycles. The minimum absolute atomic E-state index is 0.0691. The summed E-state index contributed by atoms with van der Waals surface area (Å²) in [6, 6.07) is 11.6. The van der Waals surface area contributed by atoms with Gasteiger partial charge in [-0.05, 0) is 54.3 Å². The summed E-state index contributed by atoms with van der Waals surface area (Å²) in [4.78, 5) is 25.6. The molecule has 1 amide bonds. The summed E-state index contributed by atoms with van der Waals surface area (Å²) >= 11 is 0. The largest absolute Gasteiger partial charge is 0.496 e. The number of rotatable bonds is 4. The van der Waals surface area contributed by atoms with Crippen LogP contribution in [0.3, 0.4) is 0 Å². The summed E-state index contributed by atoms with van der Waals surface area (Å²) in [5, 5.41) is 2.44. The first kappa shape index (κ1) is 18.9. The highest BCUT2D eigenvalue weighted by atomic mass is 19.2. The molecular formula is C22H18F2N2O3. The fourth-order valence-electron chi connectivity index (χ4n) is 3.78. The lowest BCUT2D eigenvalue weighted by molar-refractivity contribution is 0.102. The quantitative estimate of drug-likeness (QED) is 0.727. The number of aromatic nitrogens is 1. The lowest BCUT2D eigenvalue weighted by atomic mass is 10.1. The number of amides is 1. The van der Waals surface area contributed by atoms with Crippen molar-refractivity contribution in [3.63, 3.8) is 0 Å². The Morgan fingerprint density at radius 2 is 1.97 bits per heavy atom. The third kappa shape index (κ3) is 3.40. The monoisotopic (exact) mass is 396 g/mol. The predicted molar refractivity (Wildman–Crippen MR) is 104 cm³/mol. The summed E-state index contributed by atoms with van der Waals surface area (Å²) in [6.07, 6.45) is 3.13. The Labute approximate surface area is 165 Å². The van der Waals surface area contributed by atoms with Crippen molar-refractivity contribution in [3.8, 4) is 5.75 Å². The average molecular weight is 396 g/mol. The fourth-order valence-corrected chi connectivity index (χ4v) is 3.78. The molecule has 1 unspecified atom stereocenters. The van der Waals surface area contributed by atoms with Gasteiger partial charge in [-0.3, -0.25) is 9.59 Å². The molecule has 148 valence electrons. The molecule has 29 heavy (non-hydrogen) atoms. The summed E-state index contributed by atoms with van der Waals surface area (Å²) in [6.45, 7) is 0. The van der Waals surface area contributed by atoms with Gasteiger partial charge in [-0.25, -0.2) is 8.78 Å². The normalized spacial score (nSPS) is 15.1. The van der Waals surface area contributed by atoms with E-state index in [0.717, 1.165) is 35.4 Å². The lowest BCUT2D eigenvalue weighted by Crippen LogP contribution is -2.31. The number of pyridine rings is 1. The van der Waals surface area contributed by atoms with E-state index in [1.165, 1.54) is 16.7 Å². The van der Waals surface area contributed by atoms with Gasteiger partial charge >= 0.3 is 0 Å². The molecule has 0 fully saturated rings. The Morgan fingerprint density at radius 1 is 1.14 bits per heavy atom. The van der Waals surface area contributed by atoms with E-state index in [4.69, 9.17) is 4.74 Å². The van der Waals surface area contributed by atoms with Crippen LogP contribution < -0.4 is 15.6 Å². The van der Waals surface area contributed by atoms with Crippen LogP contribution in [0.15, 0.2) is 59.5 Å². The molecule has 0 radical (unpaired) electrons. The number of anilines is 1. The smallest absolute Gasteiger partial charge is 0.263 e. The minimum Gasteiger partial charge on any atom is -0.496 e. The van der Waals surface area contributed by atoms with E-state index in [9.17, 15) is 18.4 Å². The number of fused-ring (bicyclic) bond motifs is 1. The van der Waals surface area contributed by atoms with Gasteiger partial charge in [-0.1, -0.05) is 12.1 Å². The average Bonchev–Trinajstić information content (AvgIpc) is 3.15. The number of hydrogen-bond acceptors (Lipinski definition) is 3. The SMILES string of the molecule is COc1cccc2c1CCC2n1cccc(C(=O)Nc2ccc(F)c(F)c2)c1=O. The Balaban J connectivity index is 1.66. The van der Waals surface area contributed by atoms with Crippen molar-refractivity contribution in [2.75, 3.05) is 12.4 Å². The van der Waals surface area contributed by atoms with Crippen LogP contribution in [0.5, 0.6) is 5.75 Å². The van der Waals surface area contributed by atoms with Crippen LogP contribution in [0, 0.1) is 11.6 Å². The second-order valence-corrected chi connectivity index (χ2v) is 6.80. The standard InChI is InChI=1S/C22H18F2N2O3/c1-29-20-6-2-4-14-15(20)8-10-19(14)26-11-3-5-16(22(26)28)21(27)25-13-7-9-17(23)18(24)12-13/h2-7,9,11-12,19H,8,10H2,1H3,(H,25,27). The van der Waals surface area contributed by atoms with E-state index in [0.29, 0.717) is 6.42 Å². The van der Waals surface area contributed by atoms with Gasteiger partial charge in [-0.15, -0.1) is 0 Å². The zero-order valence-corrected chi connectivity index (χ0v) is 15.6. The van der Waals surface area contributed by atoms with Gasteiger partial charge in [0.25, 0.3) is 11.5 Å². The number of carbonyl (C=O) groups excluding carboxylic acids is 1. The van der Waals surface area contributed by atoms with Crippen molar-refractivity contribution in [1.82, 2.24) is 4.57 Å². The maximum atomic E-state index is 13.4. The highest BCUT2D eigenvalue weighted by Gasteiger charge is 2.28. The second kappa shape index (κ2) is 7.50. The molecule has 0 aliphatic heterocycles. The van der Waals surface area contributed by atoms with Crippen LogP contribution in [-0.4, -0.2) is 17.6 Å². The molecule has 2 aromatic carbocycles. The van der Waals surface area contributed by atoms with Crippen LogP contribution in [-0.2, 0) is 6.42 Å². The first-order chi connectivity index (χ1) is 14.0. The van der Waals surface area contributed by atoms with Gasteiger partial charge in [0.15, 0.2) is 11.6 Å². The molecule has 4 rings (SSSR count). The van der Waals surface area contributed by atoms with E-state index >= 15 is 0 Å². The lowest BCUT2D eigenvalue weighted by Gasteiger charge is -2.17. The number of halogens is 2. The maximum Gasteiger partial charge on any atom is 0.263 e. The number of methoxy groups -OCH3 is 1. The molecule has 0 spiro atoms. The highest BCUT2D eigenvalue weighted by molar-refractivity contribution is 6.03. The highest BCUT2D eigenvalue weighted by Crippen LogP contribution is 2.38. The number of hydrogen-bond donors (Lipinski definition) is 1. The molecule has 1 aliphatic carbocycles. The molecule has 0 saturated heterocycles. The molecule has 0 bridgehead atoms. The molecular weight excluding hydrogens is 378 g/mol. The topological polar surface area (TPSA) is 60.3 Å². The van der Waals surface area contributed by atoms with Gasteiger partial charge in [0, 0.05) is 18.0 Å². The number of nitrogens with zero attached hydrogens (tertiary/aromatic N) is 1. The van der Waals surface area contributed by atoms with E-state index in [1.54, 1.807) is 19.4 Å². The van der Waals surface area contributed by atoms with Crippen LogP contribution in [0.4, 0.5) is 14.5 Å². The van der Waals surface area contributed by atoms with Gasteiger partial charge in [0.2, 0.25) is 0 Å².